The standard InChI is InChI=1S/C21H24N2O2.ClH/c24-21(20-15-17(20)16-25-19-9-5-2-6-10-19)23-13-11-22(12-14-23)18-7-3-1-4-8-18;/h1-10,17,20H,11-16H2;1H/t17-,20+;/m0./s1. The Morgan fingerprint density at radius 1 is 0.923 bits per heavy atom. The van der Waals surface area contributed by atoms with Crippen LogP contribution in [0.15, 0.2) is 60.7 Å². The predicted octanol–water partition coefficient (Wildman–Crippen LogP) is 3.47. The lowest BCUT2D eigenvalue weighted by atomic mass is 10.2. The Kier molecular flexibility index (Phi) is 6.04. The van der Waals surface area contributed by atoms with E-state index in [9.17, 15) is 4.79 Å². The van der Waals surface area contributed by atoms with E-state index in [1.54, 1.807) is 0 Å². The number of halogens is 1. The third kappa shape index (κ3) is 4.31. The second-order valence-corrected chi connectivity index (χ2v) is 6.87. The van der Waals surface area contributed by atoms with Gasteiger partial charge in [0.05, 0.1) is 6.61 Å². The summed E-state index contributed by atoms with van der Waals surface area (Å²) >= 11 is 0. The summed E-state index contributed by atoms with van der Waals surface area (Å²) in [4.78, 5) is 17.1. The molecule has 1 amide bonds. The molecule has 2 aromatic rings. The number of nitrogens with zero attached hydrogens (tertiary/aromatic N) is 2. The summed E-state index contributed by atoms with van der Waals surface area (Å²) < 4.78 is 5.79. The molecule has 0 N–H and O–H groups in total. The Hall–Kier alpha value is -2.20. The number of ether oxygens (including phenoxy) is 1. The van der Waals surface area contributed by atoms with Gasteiger partial charge in [0.1, 0.15) is 5.75 Å². The lowest BCUT2D eigenvalue weighted by Crippen LogP contribution is -2.49. The molecule has 0 radical (unpaired) electrons. The number of hydrogen-bond acceptors (Lipinski definition) is 3. The van der Waals surface area contributed by atoms with Crippen molar-refractivity contribution >= 4 is 24.0 Å². The highest BCUT2D eigenvalue weighted by molar-refractivity contribution is 5.85. The molecule has 1 saturated carbocycles. The Bertz CT molecular complexity index is 702. The van der Waals surface area contributed by atoms with E-state index >= 15 is 0 Å². The van der Waals surface area contributed by atoms with Crippen LogP contribution in [0.2, 0.25) is 0 Å². The van der Waals surface area contributed by atoms with Gasteiger partial charge in [-0.1, -0.05) is 36.4 Å². The highest BCUT2D eigenvalue weighted by atomic mass is 35.5. The molecule has 1 aliphatic carbocycles. The largest absolute Gasteiger partial charge is 0.493 e. The molecule has 1 saturated heterocycles. The minimum atomic E-state index is 0. The Morgan fingerprint density at radius 3 is 2.19 bits per heavy atom. The minimum Gasteiger partial charge on any atom is -0.493 e. The monoisotopic (exact) mass is 372 g/mol. The van der Waals surface area contributed by atoms with Crippen molar-refractivity contribution in [2.75, 3.05) is 37.7 Å². The minimum absolute atomic E-state index is 0. The molecule has 1 aliphatic heterocycles. The SMILES string of the molecule is Cl.O=C([C@@H]1C[C@H]1COc1ccccc1)N1CCN(c2ccccc2)CC1. The van der Waals surface area contributed by atoms with Crippen molar-refractivity contribution in [1.82, 2.24) is 4.90 Å². The number of carbonyl (C=O) groups is 1. The predicted molar refractivity (Wildman–Crippen MR) is 106 cm³/mol. The number of rotatable bonds is 5. The van der Waals surface area contributed by atoms with Crippen LogP contribution in [-0.4, -0.2) is 43.6 Å². The van der Waals surface area contributed by atoms with Gasteiger partial charge in [-0.25, -0.2) is 0 Å². The van der Waals surface area contributed by atoms with E-state index in [1.807, 2.05) is 41.3 Å². The Morgan fingerprint density at radius 2 is 1.54 bits per heavy atom. The lowest BCUT2D eigenvalue weighted by molar-refractivity contribution is -0.133. The number of amides is 1. The molecule has 0 spiro atoms. The van der Waals surface area contributed by atoms with E-state index in [4.69, 9.17) is 4.74 Å². The maximum Gasteiger partial charge on any atom is 0.226 e. The number of hydrogen-bond donors (Lipinski definition) is 0. The first kappa shape index (κ1) is 18.6. The molecule has 1 heterocycles. The molecule has 2 fully saturated rings. The topological polar surface area (TPSA) is 32.8 Å². The first-order valence-corrected chi connectivity index (χ1v) is 9.08. The highest BCUT2D eigenvalue weighted by Gasteiger charge is 2.45. The normalized spacial score (nSPS) is 21.7. The number of para-hydroxylation sites is 2. The van der Waals surface area contributed by atoms with E-state index < -0.39 is 0 Å². The zero-order valence-corrected chi connectivity index (χ0v) is 15.6. The Balaban J connectivity index is 0.00000196. The van der Waals surface area contributed by atoms with E-state index in [-0.39, 0.29) is 18.3 Å². The van der Waals surface area contributed by atoms with Gasteiger partial charge in [0.25, 0.3) is 0 Å². The van der Waals surface area contributed by atoms with Crippen LogP contribution >= 0.6 is 12.4 Å². The summed E-state index contributed by atoms with van der Waals surface area (Å²) in [6, 6.07) is 20.3. The molecule has 0 aromatic heterocycles. The van der Waals surface area contributed by atoms with Gasteiger partial charge in [0.2, 0.25) is 5.91 Å². The molecular weight excluding hydrogens is 348 g/mol. The summed E-state index contributed by atoms with van der Waals surface area (Å²) in [6.07, 6.45) is 0.963. The first-order chi connectivity index (χ1) is 12.3. The van der Waals surface area contributed by atoms with Crippen LogP contribution in [0.25, 0.3) is 0 Å². The fourth-order valence-electron chi connectivity index (χ4n) is 3.51. The van der Waals surface area contributed by atoms with Crippen LogP contribution in [0.1, 0.15) is 6.42 Å². The van der Waals surface area contributed by atoms with Gasteiger partial charge in [-0.3, -0.25) is 4.79 Å². The van der Waals surface area contributed by atoms with Gasteiger partial charge in [-0.05, 0) is 30.7 Å². The smallest absolute Gasteiger partial charge is 0.226 e. The average molecular weight is 373 g/mol. The molecule has 0 bridgehead atoms. The quantitative estimate of drug-likeness (QED) is 0.805. The van der Waals surface area contributed by atoms with Gasteiger partial charge in [0.15, 0.2) is 0 Å². The summed E-state index contributed by atoms with van der Waals surface area (Å²) in [5, 5.41) is 0. The van der Waals surface area contributed by atoms with E-state index in [0.717, 1.165) is 38.3 Å². The van der Waals surface area contributed by atoms with Crippen LogP contribution in [0, 0.1) is 11.8 Å². The van der Waals surface area contributed by atoms with Crippen molar-refractivity contribution in [3.05, 3.63) is 60.7 Å². The molecule has 138 valence electrons. The fraction of sp³-hybridized carbons (Fsp3) is 0.381. The zero-order chi connectivity index (χ0) is 17.1. The summed E-state index contributed by atoms with van der Waals surface area (Å²) in [5.41, 5.74) is 1.25. The van der Waals surface area contributed by atoms with Gasteiger partial charge < -0.3 is 14.5 Å². The highest BCUT2D eigenvalue weighted by Crippen LogP contribution is 2.40. The molecule has 4 nitrogen and oxygen atoms in total. The van der Waals surface area contributed by atoms with Gasteiger partial charge >= 0.3 is 0 Å². The first-order valence-electron chi connectivity index (χ1n) is 9.08. The van der Waals surface area contributed by atoms with E-state index in [2.05, 4.69) is 29.2 Å². The number of carbonyl (C=O) groups excluding carboxylic acids is 1. The molecule has 5 heteroatoms. The second kappa shape index (κ2) is 8.45. The fourth-order valence-corrected chi connectivity index (χ4v) is 3.51. The second-order valence-electron chi connectivity index (χ2n) is 6.87. The third-order valence-corrected chi connectivity index (χ3v) is 5.16. The Labute approximate surface area is 161 Å². The molecular formula is C21H25ClN2O2. The summed E-state index contributed by atoms with van der Waals surface area (Å²) in [5.74, 6) is 1.73. The molecule has 2 atom stereocenters. The van der Waals surface area contributed by atoms with E-state index in [1.165, 1.54) is 5.69 Å². The maximum absolute atomic E-state index is 12.7. The lowest BCUT2D eigenvalue weighted by Gasteiger charge is -2.36. The summed E-state index contributed by atoms with van der Waals surface area (Å²) in [6.45, 7) is 4.10. The molecule has 0 unspecified atom stereocenters. The molecule has 2 aromatic carbocycles. The number of piperazine rings is 1. The van der Waals surface area contributed by atoms with Crippen LogP contribution in [0.4, 0.5) is 5.69 Å². The van der Waals surface area contributed by atoms with Crippen molar-refractivity contribution in [2.45, 2.75) is 6.42 Å². The van der Waals surface area contributed by atoms with E-state index in [0.29, 0.717) is 18.4 Å². The van der Waals surface area contributed by atoms with Crippen LogP contribution in [0.5, 0.6) is 5.75 Å². The number of benzene rings is 2. The van der Waals surface area contributed by atoms with Gasteiger partial charge in [-0.2, -0.15) is 0 Å². The van der Waals surface area contributed by atoms with Crippen molar-refractivity contribution < 1.29 is 9.53 Å². The zero-order valence-electron chi connectivity index (χ0n) is 14.8. The van der Waals surface area contributed by atoms with Gasteiger partial charge in [0, 0.05) is 43.7 Å². The van der Waals surface area contributed by atoms with Crippen LogP contribution in [0.3, 0.4) is 0 Å². The van der Waals surface area contributed by atoms with Crippen LogP contribution < -0.4 is 9.64 Å². The van der Waals surface area contributed by atoms with Crippen LogP contribution in [-0.2, 0) is 4.79 Å². The molecule has 26 heavy (non-hydrogen) atoms. The van der Waals surface area contributed by atoms with Crippen molar-refractivity contribution in [3.8, 4) is 5.75 Å². The van der Waals surface area contributed by atoms with Crippen molar-refractivity contribution in [3.63, 3.8) is 0 Å². The average Bonchev–Trinajstić information content (AvgIpc) is 3.47. The maximum atomic E-state index is 12.7. The third-order valence-electron chi connectivity index (χ3n) is 5.16. The van der Waals surface area contributed by atoms with Crippen molar-refractivity contribution in [2.24, 2.45) is 11.8 Å². The number of anilines is 1. The summed E-state index contributed by atoms with van der Waals surface area (Å²) in [7, 11) is 0. The molecule has 2 aliphatic rings. The van der Waals surface area contributed by atoms with Gasteiger partial charge in [-0.15, -0.1) is 12.4 Å². The van der Waals surface area contributed by atoms with Crippen molar-refractivity contribution in [1.29, 1.82) is 0 Å². The molecule has 4 rings (SSSR count).